The molecule has 0 aliphatic carbocycles. The van der Waals surface area contributed by atoms with Crippen LogP contribution in [0.25, 0.3) is 0 Å². The lowest BCUT2D eigenvalue weighted by molar-refractivity contribution is -0.125. The Bertz CT molecular complexity index is 550. The molecule has 0 saturated carbocycles. The number of aromatic nitrogens is 1. The predicted molar refractivity (Wildman–Crippen MR) is 89.0 cm³/mol. The summed E-state index contributed by atoms with van der Waals surface area (Å²) in [5, 5.41) is 3.36. The molecule has 1 aliphatic heterocycles. The first kappa shape index (κ1) is 16.8. The summed E-state index contributed by atoms with van der Waals surface area (Å²) in [4.78, 5) is 30.9. The molecular weight excluding hydrogens is 298 g/mol. The third-order valence-corrected chi connectivity index (χ3v) is 4.87. The number of nitrogens with zero attached hydrogens (tertiary/aromatic N) is 2. The summed E-state index contributed by atoms with van der Waals surface area (Å²) in [5.74, 6) is -0.0670. The summed E-state index contributed by atoms with van der Waals surface area (Å²) < 4.78 is 0. The van der Waals surface area contributed by atoms with E-state index in [2.05, 4.69) is 10.3 Å². The Hall–Kier alpha value is -1.56. The third-order valence-electron chi connectivity index (χ3n) is 3.67. The van der Waals surface area contributed by atoms with Crippen LogP contribution in [0.4, 0.5) is 5.69 Å². The molecule has 5 nitrogen and oxygen atoms in total. The summed E-state index contributed by atoms with van der Waals surface area (Å²) in [6.45, 7) is 6.68. The number of nitrogens with one attached hydrogen (secondary N) is 1. The van der Waals surface area contributed by atoms with Crippen LogP contribution < -0.4 is 10.2 Å². The van der Waals surface area contributed by atoms with Gasteiger partial charge in [0.15, 0.2) is 0 Å². The van der Waals surface area contributed by atoms with Gasteiger partial charge in [-0.2, -0.15) is 0 Å². The molecule has 2 heterocycles. The van der Waals surface area contributed by atoms with Gasteiger partial charge in [0.1, 0.15) is 5.03 Å². The molecule has 1 aliphatic rings. The number of pyridine rings is 1. The molecule has 0 unspecified atom stereocenters. The van der Waals surface area contributed by atoms with Gasteiger partial charge in [-0.05, 0) is 31.9 Å². The number of hydrogen-bond donors (Lipinski definition) is 1. The highest BCUT2D eigenvalue weighted by Gasteiger charge is 2.35. The Balaban J connectivity index is 2.14. The minimum absolute atomic E-state index is 0.00616. The van der Waals surface area contributed by atoms with Crippen LogP contribution in [0.1, 0.15) is 40.0 Å². The minimum atomic E-state index is -0.391. The highest BCUT2D eigenvalue weighted by Crippen LogP contribution is 2.38. The van der Waals surface area contributed by atoms with E-state index >= 15 is 0 Å². The maximum atomic E-state index is 12.7. The first-order valence-corrected chi connectivity index (χ1v) is 8.67. The first-order chi connectivity index (χ1) is 10.6. The van der Waals surface area contributed by atoms with Crippen molar-refractivity contribution in [2.75, 3.05) is 11.4 Å². The second-order valence-electron chi connectivity index (χ2n) is 5.50. The average Bonchev–Trinajstić information content (AvgIpc) is 2.51. The zero-order chi connectivity index (χ0) is 16.1. The van der Waals surface area contributed by atoms with Crippen LogP contribution in [0.15, 0.2) is 23.4 Å². The molecule has 2 rings (SSSR count). The van der Waals surface area contributed by atoms with Crippen molar-refractivity contribution in [3.8, 4) is 0 Å². The summed E-state index contributed by atoms with van der Waals surface area (Å²) >= 11 is 1.39. The van der Waals surface area contributed by atoms with Crippen molar-refractivity contribution in [3.05, 3.63) is 18.3 Å². The molecule has 2 atom stereocenters. The number of hydrogen-bond acceptors (Lipinski definition) is 4. The SMILES string of the molecule is CCCN1C(=O)[C@@H](CC(=O)N[C@@H](C)CC)Sc2ncccc21. The Morgan fingerprint density at radius 1 is 1.50 bits per heavy atom. The van der Waals surface area contributed by atoms with Crippen molar-refractivity contribution >= 4 is 29.3 Å². The van der Waals surface area contributed by atoms with Crippen molar-refractivity contribution in [2.24, 2.45) is 0 Å². The quantitative estimate of drug-likeness (QED) is 0.875. The number of carbonyl (C=O) groups excluding carboxylic acids is 2. The number of amides is 2. The van der Waals surface area contributed by atoms with Crippen LogP contribution in [-0.2, 0) is 9.59 Å². The van der Waals surface area contributed by atoms with Gasteiger partial charge in [-0.3, -0.25) is 9.59 Å². The van der Waals surface area contributed by atoms with Crippen LogP contribution in [-0.4, -0.2) is 34.6 Å². The Labute approximate surface area is 135 Å². The third kappa shape index (κ3) is 3.80. The molecule has 0 radical (unpaired) electrons. The van der Waals surface area contributed by atoms with Gasteiger partial charge in [0.2, 0.25) is 11.8 Å². The van der Waals surface area contributed by atoms with E-state index in [-0.39, 0.29) is 24.3 Å². The van der Waals surface area contributed by atoms with E-state index < -0.39 is 5.25 Å². The molecule has 0 fully saturated rings. The summed E-state index contributed by atoms with van der Waals surface area (Å²) in [6.07, 6.45) is 3.67. The van der Waals surface area contributed by atoms with Crippen molar-refractivity contribution in [1.29, 1.82) is 0 Å². The number of carbonyl (C=O) groups is 2. The second-order valence-corrected chi connectivity index (χ2v) is 6.70. The molecule has 1 aromatic heterocycles. The standard InChI is InChI=1S/C16H23N3O2S/c1-4-9-19-12-7-6-8-17-15(12)22-13(16(19)21)10-14(20)18-11(3)5-2/h6-8,11,13H,4-5,9-10H2,1-3H3,(H,18,20)/t11-,13+/m0/s1. The average molecular weight is 321 g/mol. The maximum absolute atomic E-state index is 12.7. The van der Waals surface area contributed by atoms with Gasteiger partial charge >= 0.3 is 0 Å². The lowest BCUT2D eigenvalue weighted by Crippen LogP contribution is -2.44. The van der Waals surface area contributed by atoms with Crippen LogP contribution in [0, 0.1) is 0 Å². The van der Waals surface area contributed by atoms with Gasteiger partial charge in [-0.25, -0.2) is 4.98 Å². The van der Waals surface area contributed by atoms with E-state index in [9.17, 15) is 9.59 Å². The number of rotatable bonds is 6. The van der Waals surface area contributed by atoms with E-state index in [0.717, 1.165) is 23.6 Å². The van der Waals surface area contributed by atoms with Crippen LogP contribution in [0.3, 0.4) is 0 Å². The van der Waals surface area contributed by atoms with Crippen LogP contribution in [0.2, 0.25) is 0 Å². The lowest BCUT2D eigenvalue weighted by atomic mass is 10.2. The normalized spacial score (nSPS) is 18.8. The molecule has 1 N–H and O–H groups in total. The fourth-order valence-corrected chi connectivity index (χ4v) is 3.50. The number of anilines is 1. The Kier molecular flexibility index (Phi) is 5.83. The zero-order valence-corrected chi connectivity index (χ0v) is 14.2. The van der Waals surface area contributed by atoms with Crippen molar-refractivity contribution in [1.82, 2.24) is 10.3 Å². The van der Waals surface area contributed by atoms with E-state index in [1.165, 1.54) is 11.8 Å². The summed E-state index contributed by atoms with van der Waals surface area (Å²) in [6, 6.07) is 3.89. The summed E-state index contributed by atoms with van der Waals surface area (Å²) in [5.41, 5.74) is 0.859. The van der Waals surface area contributed by atoms with Gasteiger partial charge < -0.3 is 10.2 Å². The van der Waals surface area contributed by atoms with Gasteiger partial charge in [-0.15, -0.1) is 0 Å². The van der Waals surface area contributed by atoms with Gasteiger partial charge in [-0.1, -0.05) is 25.6 Å². The van der Waals surface area contributed by atoms with E-state index in [0.29, 0.717) is 6.54 Å². The van der Waals surface area contributed by atoms with Crippen molar-refractivity contribution in [3.63, 3.8) is 0 Å². The zero-order valence-electron chi connectivity index (χ0n) is 13.3. The minimum Gasteiger partial charge on any atom is -0.354 e. The molecular formula is C16H23N3O2S. The molecule has 1 aromatic rings. The molecule has 2 amide bonds. The molecule has 0 bridgehead atoms. The molecule has 6 heteroatoms. The first-order valence-electron chi connectivity index (χ1n) is 7.79. The largest absolute Gasteiger partial charge is 0.354 e. The van der Waals surface area contributed by atoms with Gasteiger partial charge in [0.25, 0.3) is 0 Å². The molecule has 0 spiro atoms. The molecule has 120 valence electrons. The van der Waals surface area contributed by atoms with E-state index in [1.807, 2.05) is 32.9 Å². The second kappa shape index (κ2) is 7.63. The molecule has 22 heavy (non-hydrogen) atoms. The van der Waals surface area contributed by atoms with Crippen molar-refractivity contribution < 1.29 is 9.59 Å². The van der Waals surface area contributed by atoms with Gasteiger partial charge in [0, 0.05) is 25.2 Å². The number of thioether (sulfide) groups is 1. The fraction of sp³-hybridized carbons (Fsp3) is 0.562. The van der Waals surface area contributed by atoms with Crippen molar-refractivity contribution in [2.45, 2.75) is 56.4 Å². The monoisotopic (exact) mass is 321 g/mol. The van der Waals surface area contributed by atoms with E-state index in [1.54, 1.807) is 11.1 Å². The highest BCUT2D eigenvalue weighted by molar-refractivity contribution is 8.00. The Morgan fingerprint density at radius 3 is 2.95 bits per heavy atom. The fourth-order valence-electron chi connectivity index (χ4n) is 2.34. The van der Waals surface area contributed by atoms with E-state index in [4.69, 9.17) is 0 Å². The smallest absolute Gasteiger partial charge is 0.241 e. The number of fused-ring (bicyclic) bond motifs is 1. The van der Waals surface area contributed by atoms with Crippen LogP contribution >= 0.6 is 11.8 Å². The molecule has 0 saturated heterocycles. The van der Waals surface area contributed by atoms with Gasteiger partial charge in [0.05, 0.1) is 10.9 Å². The predicted octanol–water partition coefficient (Wildman–Crippen LogP) is 2.60. The highest BCUT2D eigenvalue weighted by atomic mass is 32.2. The maximum Gasteiger partial charge on any atom is 0.241 e. The lowest BCUT2D eigenvalue weighted by Gasteiger charge is -2.32. The summed E-state index contributed by atoms with van der Waals surface area (Å²) in [7, 11) is 0. The topological polar surface area (TPSA) is 62.3 Å². The van der Waals surface area contributed by atoms with Crippen LogP contribution in [0.5, 0.6) is 0 Å². The molecule has 0 aromatic carbocycles. The Morgan fingerprint density at radius 2 is 2.27 bits per heavy atom.